The molecule has 0 aromatic carbocycles. The number of aromatic nitrogens is 2. The van der Waals surface area contributed by atoms with Gasteiger partial charge in [0, 0.05) is 30.4 Å². The van der Waals surface area contributed by atoms with E-state index in [2.05, 4.69) is 21.9 Å². The fraction of sp³-hybridized carbons (Fsp3) is 0.500. The molecule has 0 bridgehead atoms. The largest absolute Gasteiger partial charge is 0.463 e. The normalized spacial score (nSPS) is 10.2. The van der Waals surface area contributed by atoms with Crippen molar-refractivity contribution in [3.8, 4) is 6.01 Å². The molecule has 0 unspecified atom stereocenters. The van der Waals surface area contributed by atoms with Gasteiger partial charge in [-0.1, -0.05) is 5.57 Å². The molecule has 4 heteroatoms. The highest BCUT2D eigenvalue weighted by Gasteiger charge is 2.03. The number of hydrogen-bond donors (Lipinski definition) is 1. The lowest BCUT2D eigenvalue weighted by Gasteiger charge is -2.07. The van der Waals surface area contributed by atoms with Gasteiger partial charge in [-0.05, 0) is 20.9 Å². The highest BCUT2D eigenvalue weighted by molar-refractivity contribution is 5.17. The molecule has 1 heterocycles. The lowest BCUT2D eigenvalue weighted by molar-refractivity contribution is 0.295. The highest BCUT2D eigenvalue weighted by atomic mass is 16.5. The van der Waals surface area contributed by atoms with Crippen molar-refractivity contribution in [3.63, 3.8) is 0 Å². The average Bonchev–Trinajstić information content (AvgIpc) is 2.21. The maximum atomic E-state index is 5.43. The van der Waals surface area contributed by atoms with Gasteiger partial charge in [0.05, 0.1) is 6.61 Å². The highest BCUT2D eigenvalue weighted by Crippen LogP contribution is 2.09. The number of nitrogens with zero attached hydrogens (tertiary/aromatic N) is 2. The molecule has 0 amide bonds. The summed E-state index contributed by atoms with van der Waals surface area (Å²) in [6, 6.07) is 0.443. The molecular formula is C12H19N3O. The Morgan fingerprint density at radius 1 is 1.56 bits per heavy atom. The van der Waals surface area contributed by atoms with Gasteiger partial charge in [0.25, 0.3) is 0 Å². The van der Waals surface area contributed by atoms with E-state index >= 15 is 0 Å². The van der Waals surface area contributed by atoms with Crippen molar-refractivity contribution in [1.82, 2.24) is 15.3 Å². The fourth-order valence-electron chi connectivity index (χ4n) is 1.22. The van der Waals surface area contributed by atoms with E-state index in [4.69, 9.17) is 4.74 Å². The Bertz CT molecular complexity index is 363. The lowest BCUT2D eigenvalue weighted by atomic mass is 10.2. The van der Waals surface area contributed by atoms with Crippen LogP contribution in [-0.2, 0) is 6.54 Å². The van der Waals surface area contributed by atoms with Gasteiger partial charge in [-0.2, -0.15) is 0 Å². The van der Waals surface area contributed by atoms with Crippen LogP contribution in [0.5, 0.6) is 6.01 Å². The van der Waals surface area contributed by atoms with Gasteiger partial charge in [-0.25, -0.2) is 9.97 Å². The van der Waals surface area contributed by atoms with E-state index in [0.717, 1.165) is 29.8 Å². The smallest absolute Gasteiger partial charge is 0.316 e. The van der Waals surface area contributed by atoms with Crippen molar-refractivity contribution in [2.75, 3.05) is 13.7 Å². The molecule has 88 valence electrons. The van der Waals surface area contributed by atoms with Crippen molar-refractivity contribution >= 4 is 0 Å². The van der Waals surface area contributed by atoms with Gasteiger partial charge >= 0.3 is 6.01 Å². The summed E-state index contributed by atoms with van der Waals surface area (Å²) in [5.74, 6) is 0. The van der Waals surface area contributed by atoms with Crippen molar-refractivity contribution < 1.29 is 4.74 Å². The molecular weight excluding hydrogens is 202 g/mol. The average molecular weight is 221 g/mol. The van der Waals surface area contributed by atoms with E-state index < -0.39 is 0 Å². The first-order chi connectivity index (χ1) is 7.63. The van der Waals surface area contributed by atoms with E-state index in [-0.39, 0.29) is 0 Å². The zero-order valence-corrected chi connectivity index (χ0v) is 10.2. The number of nitrogens with one attached hydrogen (secondary N) is 1. The molecule has 0 spiro atoms. The van der Waals surface area contributed by atoms with E-state index in [0.29, 0.717) is 12.6 Å². The Morgan fingerprint density at radius 2 is 2.31 bits per heavy atom. The molecule has 0 saturated carbocycles. The Labute approximate surface area is 96.8 Å². The molecule has 16 heavy (non-hydrogen) atoms. The predicted molar refractivity (Wildman–Crippen MR) is 64.5 cm³/mol. The van der Waals surface area contributed by atoms with Crippen molar-refractivity contribution in [2.24, 2.45) is 0 Å². The Balaban J connectivity index is 2.55. The van der Waals surface area contributed by atoms with Crippen LogP contribution in [-0.4, -0.2) is 23.6 Å². The van der Waals surface area contributed by atoms with Crippen LogP contribution in [0, 0.1) is 6.92 Å². The maximum Gasteiger partial charge on any atom is 0.316 e. The maximum absolute atomic E-state index is 5.43. The first kappa shape index (κ1) is 12.6. The van der Waals surface area contributed by atoms with Gasteiger partial charge in [0.2, 0.25) is 0 Å². The summed E-state index contributed by atoms with van der Waals surface area (Å²) < 4.78 is 5.43. The minimum absolute atomic E-state index is 0.443. The minimum atomic E-state index is 0.443. The van der Waals surface area contributed by atoms with Crippen LogP contribution in [0.3, 0.4) is 0 Å². The molecule has 0 aliphatic heterocycles. The number of ether oxygens (including phenoxy) is 1. The molecule has 0 fully saturated rings. The molecule has 1 aromatic heterocycles. The van der Waals surface area contributed by atoms with Crippen LogP contribution in [0.1, 0.15) is 24.6 Å². The third-order valence-corrected chi connectivity index (χ3v) is 2.19. The lowest BCUT2D eigenvalue weighted by Crippen LogP contribution is -2.09. The molecule has 1 aromatic rings. The summed E-state index contributed by atoms with van der Waals surface area (Å²) in [6.07, 6.45) is 2.63. The van der Waals surface area contributed by atoms with Crippen LogP contribution in [0.2, 0.25) is 0 Å². The molecule has 0 aliphatic rings. The Hall–Kier alpha value is -1.42. The SMILES string of the molecule is C=C(C)CCOc1ncc(CNC)c(C)n1. The van der Waals surface area contributed by atoms with Crippen LogP contribution in [0.15, 0.2) is 18.3 Å². The quantitative estimate of drug-likeness (QED) is 0.745. The van der Waals surface area contributed by atoms with Gasteiger partial charge in [-0.3, -0.25) is 0 Å². The van der Waals surface area contributed by atoms with Crippen LogP contribution < -0.4 is 10.1 Å². The van der Waals surface area contributed by atoms with Gasteiger partial charge < -0.3 is 10.1 Å². The third-order valence-electron chi connectivity index (χ3n) is 2.19. The molecule has 0 saturated heterocycles. The first-order valence-corrected chi connectivity index (χ1v) is 5.37. The second kappa shape index (κ2) is 6.23. The van der Waals surface area contributed by atoms with Crippen molar-refractivity contribution in [3.05, 3.63) is 29.6 Å². The number of aryl methyl sites for hydroxylation is 1. The zero-order chi connectivity index (χ0) is 12.0. The predicted octanol–water partition coefficient (Wildman–Crippen LogP) is 1.85. The van der Waals surface area contributed by atoms with Gasteiger partial charge in [0.15, 0.2) is 0 Å². The zero-order valence-electron chi connectivity index (χ0n) is 10.2. The Morgan fingerprint density at radius 3 is 2.88 bits per heavy atom. The van der Waals surface area contributed by atoms with Crippen molar-refractivity contribution in [2.45, 2.75) is 26.8 Å². The van der Waals surface area contributed by atoms with Crippen LogP contribution in [0.4, 0.5) is 0 Å². The van der Waals surface area contributed by atoms with E-state index in [1.807, 2.05) is 20.9 Å². The molecule has 0 radical (unpaired) electrons. The van der Waals surface area contributed by atoms with E-state index in [9.17, 15) is 0 Å². The summed E-state index contributed by atoms with van der Waals surface area (Å²) >= 11 is 0. The molecule has 0 atom stereocenters. The monoisotopic (exact) mass is 221 g/mol. The van der Waals surface area contributed by atoms with Crippen LogP contribution in [0.25, 0.3) is 0 Å². The minimum Gasteiger partial charge on any atom is -0.463 e. The molecule has 4 nitrogen and oxygen atoms in total. The van der Waals surface area contributed by atoms with Crippen LogP contribution >= 0.6 is 0 Å². The van der Waals surface area contributed by atoms with E-state index in [1.165, 1.54) is 0 Å². The summed E-state index contributed by atoms with van der Waals surface area (Å²) in [6.45, 7) is 9.11. The van der Waals surface area contributed by atoms with Gasteiger partial charge in [0.1, 0.15) is 0 Å². The Kier molecular flexibility index (Phi) is 4.92. The second-order valence-electron chi connectivity index (χ2n) is 3.85. The van der Waals surface area contributed by atoms with E-state index in [1.54, 1.807) is 6.20 Å². The second-order valence-corrected chi connectivity index (χ2v) is 3.85. The van der Waals surface area contributed by atoms with Crippen molar-refractivity contribution in [1.29, 1.82) is 0 Å². The standard InChI is InChI=1S/C12H19N3O/c1-9(2)5-6-16-12-14-8-11(7-13-4)10(3)15-12/h8,13H,1,5-7H2,2-4H3. The molecule has 1 N–H and O–H groups in total. The fourth-order valence-corrected chi connectivity index (χ4v) is 1.22. The molecule has 0 aliphatic carbocycles. The summed E-state index contributed by atoms with van der Waals surface area (Å²) in [4.78, 5) is 8.44. The number of hydrogen-bond acceptors (Lipinski definition) is 4. The summed E-state index contributed by atoms with van der Waals surface area (Å²) in [7, 11) is 1.90. The van der Waals surface area contributed by atoms with Gasteiger partial charge in [-0.15, -0.1) is 6.58 Å². The topological polar surface area (TPSA) is 47.0 Å². The summed E-state index contributed by atoms with van der Waals surface area (Å²) in [5, 5.41) is 3.07. The summed E-state index contributed by atoms with van der Waals surface area (Å²) in [5.41, 5.74) is 3.15. The number of rotatable bonds is 6. The third kappa shape index (κ3) is 3.98. The molecule has 1 rings (SSSR count). The first-order valence-electron chi connectivity index (χ1n) is 5.37.